The van der Waals surface area contributed by atoms with Crippen molar-refractivity contribution in [2.24, 2.45) is 11.7 Å². The predicted molar refractivity (Wildman–Crippen MR) is 63.0 cm³/mol. The number of rotatable bonds is 4. The summed E-state index contributed by atoms with van der Waals surface area (Å²) in [7, 11) is 0. The molecule has 1 unspecified atom stereocenters. The van der Waals surface area contributed by atoms with E-state index in [0.29, 0.717) is 0 Å². The molecule has 1 rings (SSSR count). The largest absolute Gasteiger partial charge is 0.416 e. The Morgan fingerprint density at radius 1 is 1.26 bits per heavy atom. The molecule has 3 N–H and O–H groups in total. The van der Waals surface area contributed by atoms with Crippen molar-refractivity contribution in [1.82, 2.24) is 0 Å². The number of nitrogens with one attached hydrogen (secondary N) is 1. The zero-order chi connectivity index (χ0) is 14.6. The van der Waals surface area contributed by atoms with Gasteiger partial charge in [-0.3, -0.25) is 9.59 Å². The minimum absolute atomic E-state index is 0.119. The molecule has 0 aliphatic carbocycles. The standard InChI is InChI=1S/C12H13F3N2O2/c1-7(6-10(16)18)11(19)17-9-4-2-8(3-5-9)12(13,14)15/h2-5,7H,6H2,1H3,(H2,16,18)(H,17,19). The third-order valence-corrected chi connectivity index (χ3v) is 2.43. The Hall–Kier alpha value is -2.05. The van der Waals surface area contributed by atoms with E-state index in [4.69, 9.17) is 5.73 Å². The van der Waals surface area contributed by atoms with Crippen LogP contribution in [0.1, 0.15) is 18.9 Å². The van der Waals surface area contributed by atoms with Crippen molar-refractivity contribution in [2.75, 3.05) is 5.32 Å². The van der Waals surface area contributed by atoms with Gasteiger partial charge in [0.15, 0.2) is 0 Å². The minimum Gasteiger partial charge on any atom is -0.370 e. The number of nitrogens with two attached hydrogens (primary N) is 1. The average Bonchev–Trinajstić information content (AvgIpc) is 2.27. The van der Waals surface area contributed by atoms with Gasteiger partial charge in [-0.05, 0) is 24.3 Å². The Morgan fingerprint density at radius 2 is 1.79 bits per heavy atom. The molecule has 0 heterocycles. The fraction of sp³-hybridized carbons (Fsp3) is 0.333. The first kappa shape index (κ1) is 15.0. The van der Waals surface area contributed by atoms with Crippen LogP contribution in [0.2, 0.25) is 0 Å². The second-order valence-electron chi connectivity index (χ2n) is 4.14. The highest BCUT2D eigenvalue weighted by Gasteiger charge is 2.30. The van der Waals surface area contributed by atoms with E-state index >= 15 is 0 Å². The van der Waals surface area contributed by atoms with Crippen molar-refractivity contribution in [3.05, 3.63) is 29.8 Å². The van der Waals surface area contributed by atoms with E-state index < -0.39 is 29.5 Å². The Kier molecular flexibility index (Phi) is 4.52. The molecular formula is C12H13F3N2O2. The molecule has 0 saturated carbocycles. The van der Waals surface area contributed by atoms with Crippen LogP contribution in [0.3, 0.4) is 0 Å². The number of amides is 2. The molecule has 7 heteroatoms. The average molecular weight is 274 g/mol. The molecule has 0 spiro atoms. The maximum Gasteiger partial charge on any atom is 0.416 e. The van der Waals surface area contributed by atoms with Gasteiger partial charge in [0.2, 0.25) is 11.8 Å². The maximum atomic E-state index is 12.3. The quantitative estimate of drug-likeness (QED) is 0.883. The van der Waals surface area contributed by atoms with E-state index in [-0.39, 0.29) is 12.1 Å². The van der Waals surface area contributed by atoms with E-state index in [1.807, 2.05) is 0 Å². The van der Waals surface area contributed by atoms with Crippen LogP contribution in [-0.4, -0.2) is 11.8 Å². The smallest absolute Gasteiger partial charge is 0.370 e. The van der Waals surface area contributed by atoms with Gasteiger partial charge in [0.25, 0.3) is 0 Å². The summed E-state index contributed by atoms with van der Waals surface area (Å²) in [5.74, 6) is -1.73. The van der Waals surface area contributed by atoms with E-state index in [2.05, 4.69) is 5.32 Å². The first-order chi connectivity index (χ1) is 8.70. The first-order valence-electron chi connectivity index (χ1n) is 5.46. The summed E-state index contributed by atoms with van der Waals surface area (Å²) in [4.78, 5) is 22.2. The van der Waals surface area contributed by atoms with Gasteiger partial charge in [-0.2, -0.15) is 13.2 Å². The fourth-order valence-corrected chi connectivity index (χ4v) is 1.40. The highest BCUT2D eigenvalue weighted by Crippen LogP contribution is 2.29. The van der Waals surface area contributed by atoms with Crippen molar-refractivity contribution < 1.29 is 22.8 Å². The Morgan fingerprint density at radius 3 is 2.21 bits per heavy atom. The lowest BCUT2D eigenvalue weighted by Crippen LogP contribution is -2.25. The molecule has 0 aliphatic heterocycles. The van der Waals surface area contributed by atoms with Crippen LogP contribution >= 0.6 is 0 Å². The van der Waals surface area contributed by atoms with Crippen LogP contribution in [-0.2, 0) is 15.8 Å². The topological polar surface area (TPSA) is 72.2 Å². The summed E-state index contributed by atoms with van der Waals surface area (Å²) in [6, 6.07) is 4.04. The normalized spacial score (nSPS) is 12.8. The molecule has 2 amide bonds. The lowest BCUT2D eigenvalue weighted by atomic mass is 10.1. The SMILES string of the molecule is CC(CC(N)=O)C(=O)Nc1ccc(C(F)(F)F)cc1. The van der Waals surface area contributed by atoms with Gasteiger partial charge >= 0.3 is 6.18 Å². The Labute approximate surface area is 107 Å². The molecule has 19 heavy (non-hydrogen) atoms. The Bertz CT molecular complexity index is 469. The molecule has 0 saturated heterocycles. The summed E-state index contributed by atoms with van der Waals surface area (Å²) in [6.45, 7) is 1.50. The summed E-state index contributed by atoms with van der Waals surface area (Å²) < 4.78 is 36.9. The van der Waals surface area contributed by atoms with Crippen molar-refractivity contribution in [2.45, 2.75) is 19.5 Å². The van der Waals surface area contributed by atoms with Crippen molar-refractivity contribution in [1.29, 1.82) is 0 Å². The molecule has 0 aliphatic rings. The zero-order valence-corrected chi connectivity index (χ0v) is 10.1. The first-order valence-corrected chi connectivity index (χ1v) is 5.46. The molecular weight excluding hydrogens is 261 g/mol. The fourth-order valence-electron chi connectivity index (χ4n) is 1.40. The number of carbonyl (C=O) groups excluding carboxylic acids is 2. The second kappa shape index (κ2) is 5.73. The number of carbonyl (C=O) groups is 2. The van der Waals surface area contributed by atoms with Gasteiger partial charge in [0.1, 0.15) is 0 Å². The molecule has 0 aromatic heterocycles. The van der Waals surface area contributed by atoms with E-state index in [9.17, 15) is 22.8 Å². The summed E-state index contributed by atoms with van der Waals surface area (Å²) in [6.07, 6.45) is -4.53. The van der Waals surface area contributed by atoms with Crippen LogP contribution in [0.15, 0.2) is 24.3 Å². The number of halogens is 3. The third-order valence-electron chi connectivity index (χ3n) is 2.43. The molecule has 1 atom stereocenters. The van der Waals surface area contributed by atoms with Crippen molar-refractivity contribution in [3.63, 3.8) is 0 Å². The van der Waals surface area contributed by atoms with E-state index in [1.165, 1.54) is 6.92 Å². The van der Waals surface area contributed by atoms with Crippen LogP contribution < -0.4 is 11.1 Å². The van der Waals surface area contributed by atoms with Crippen LogP contribution in [0.4, 0.5) is 18.9 Å². The Balaban J connectivity index is 2.68. The number of alkyl halides is 3. The molecule has 1 aromatic rings. The summed E-state index contributed by atoms with van der Waals surface area (Å²) >= 11 is 0. The summed E-state index contributed by atoms with van der Waals surface area (Å²) in [5.41, 5.74) is 4.38. The van der Waals surface area contributed by atoms with Gasteiger partial charge in [0.05, 0.1) is 5.56 Å². The van der Waals surface area contributed by atoms with Gasteiger partial charge in [-0.15, -0.1) is 0 Å². The highest BCUT2D eigenvalue weighted by atomic mass is 19.4. The van der Waals surface area contributed by atoms with Gasteiger partial charge in [-0.1, -0.05) is 6.92 Å². The second-order valence-corrected chi connectivity index (χ2v) is 4.14. The lowest BCUT2D eigenvalue weighted by Gasteiger charge is -2.11. The van der Waals surface area contributed by atoms with Crippen LogP contribution in [0.5, 0.6) is 0 Å². The van der Waals surface area contributed by atoms with Gasteiger partial charge < -0.3 is 11.1 Å². The number of anilines is 1. The van der Waals surface area contributed by atoms with Gasteiger partial charge in [0, 0.05) is 18.0 Å². The van der Waals surface area contributed by atoms with Crippen LogP contribution in [0, 0.1) is 5.92 Å². The molecule has 0 radical (unpaired) electrons. The maximum absolute atomic E-state index is 12.3. The summed E-state index contributed by atoms with van der Waals surface area (Å²) in [5, 5.41) is 2.41. The monoisotopic (exact) mass is 274 g/mol. The third kappa shape index (κ3) is 4.61. The minimum atomic E-state index is -4.41. The molecule has 0 bridgehead atoms. The predicted octanol–water partition coefficient (Wildman–Crippen LogP) is 2.16. The van der Waals surface area contributed by atoms with E-state index in [1.54, 1.807) is 0 Å². The van der Waals surface area contributed by atoms with Gasteiger partial charge in [-0.25, -0.2) is 0 Å². The highest BCUT2D eigenvalue weighted by molar-refractivity contribution is 5.94. The number of hydrogen-bond acceptors (Lipinski definition) is 2. The molecule has 0 fully saturated rings. The van der Waals surface area contributed by atoms with Crippen molar-refractivity contribution >= 4 is 17.5 Å². The number of hydrogen-bond donors (Lipinski definition) is 2. The molecule has 1 aromatic carbocycles. The van der Waals surface area contributed by atoms with Crippen LogP contribution in [0.25, 0.3) is 0 Å². The van der Waals surface area contributed by atoms with E-state index in [0.717, 1.165) is 24.3 Å². The number of benzene rings is 1. The zero-order valence-electron chi connectivity index (χ0n) is 10.1. The molecule has 4 nitrogen and oxygen atoms in total. The molecule has 104 valence electrons. The number of primary amides is 1. The van der Waals surface area contributed by atoms with Crippen molar-refractivity contribution in [3.8, 4) is 0 Å². The lowest BCUT2D eigenvalue weighted by molar-refractivity contribution is -0.137.